The standard InChI is InChI=1S/C28H41NO18S3/c1-12(30)38-10-18-20(40-13(2)31)22(41-14(3)32)24(43-16(5)34)26(45-18)47-21-19(11-39-50(9,36)37)46-27(49-28(48)29(7)8)25(44-17(6)35)23(21)42-15(4)33/h18-27H,10-11H2,1-9H3/t18-,19-,20-,21-,22+,23+,24-,25-,26-,27+/m1/s1. The monoisotopic (exact) mass is 775 g/mol. The van der Waals surface area contributed by atoms with Crippen molar-refractivity contribution in [2.45, 2.75) is 102 Å². The van der Waals surface area contributed by atoms with Crippen molar-refractivity contribution in [3.63, 3.8) is 0 Å². The zero-order valence-corrected chi connectivity index (χ0v) is 31.2. The van der Waals surface area contributed by atoms with Gasteiger partial charge in [0.15, 0.2) is 42.2 Å². The predicted molar refractivity (Wildman–Crippen MR) is 171 cm³/mol. The van der Waals surface area contributed by atoms with Gasteiger partial charge >= 0.3 is 35.8 Å². The third-order valence-corrected chi connectivity index (χ3v) is 8.86. The lowest BCUT2D eigenvalue weighted by Crippen LogP contribution is -2.67. The molecular weight excluding hydrogens is 734 g/mol. The van der Waals surface area contributed by atoms with E-state index in [4.69, 9.17) is 59.0 Å². The number of hydrogen-bond acceptors (Lipinski definition) is 20. The third kappa shape index (κ3) is 13.5. The summed E-state index contributed by atoms with van der Waals surface area (Å²) in [5.74, 6) is -5.23. The highest BCUT2D eigenvalue weighted by atomic mass is 32.2. The van der Waals surface area contributed by atoms with Crippen LogP contribution in [0.3, 0.4) is 0 Å². The molecule has 0 amide bonds. The number of thiocarbonyl (C=S) groups is 1. The van der Waals surface area contributed by atoms with Crippen LogP contribution in [0.15, 0.2) is 0 Å². The molecule has 2 heterocycles. The Kier molecular flexibility index (Phi) is 16.3. The topological polar surface area (TPSA) is 232 Å². The molecule has 10 atom stereocenters. The van der Waals surface area contributed by atoms with E-state index in [2.05, 4.69) is 0 Å². The quantitative estimate of drug-likeness (QED) is 0.100. The van der Waals surface area contributed by atoms with Gasteiger partial charge in [0, 0.05) is 55.6 Å². The van der Waals surface area contributed by atoms with Gasteiger partial charge < -0.3 is 47.5 Å². The molecule has 50 heavy (non-hydrogen) atoms. The number of rotatable bonds is 13. The van der Waals surface area contributed by atoms with Gasteiger partial charge in [0.2, 0.25) is 0 Å². The van der Waals surface area contributed by atoms with Crippen LogP contribution < -0.4 is 0 Å². The first-order valence-electron chi connectivity index (χ1n) is 14.8. The van der Waals surface area contributed by atoms with E-state index in [9.17, 15) is 37.2 Å². The van der Waals surface area contributed by atoms with Gasteiger partial charge in [0.25, 0.3) is 10.1 Å². The van der Waals surface area contributed by atoms with Gasteiger partial charge in [0.1, 0.15) is 29.2 Å². The second kappa shape index (κ2) is 18.9. The Morgan fingerprint density at radius 2 is 1.08 bits per heavy atom. The maximum Gasteiger partial charge on any atom is 0.303 e. The zero-order chi connectivity index (χ0) is 38.1. The summed E-state index contributed by atoms with van der Waals surface area (Å²) in [5, 5.41) is 0. The van der Waals surface area contributed by atoms with E-state index in [1.54, 1.807) is 14.1 Å². The maximum atomic E-state index is 12.5. The molecule has 0 aromatic rings. The molecule has 22 heteroatoms. The Morgan fingerprint density at radius 3 is 1.54 bits per heavy atom. The summed E-state index contributed by atoms with van der Waals surface area (Å²) in [5.41, 5.74) is -1.23. The van der Waals surface area contributed by atoms with Gasteiger partial charge in [-0.3, -0.25) is 33.0 Å². The van der Waals surface area contributed by atoms with Crippen molar-refractivity contribution in [1.82, 2.24) is 4.90 Å². The van der Waals surface area contributed by atoms with Crippen LogP contribution in [0.2, 0.25) is 0 Å². The van der Waals surface area contributed by atoms with Crippen molar-refractivity contribution >= 4 is 74.2 Å². The fourth-order valence-corrected chi connectivity index (χ4v) is 6.38. The number of nitrogens with zero attached hydrogens (tertiary/aromatic N) is 1. The lowest BCUT2D eigenvalue weighted by molar-refractivity contribution is -0.341. The highest BCUT2D eigenvalue weighted by molar-refractivity contribution is 8.23. The van der Waals surface area contributed by atoms with E-state index in [1.165, 1.54) is 4.90 Å². The van der Waals surface area contributed by atoms with Crippen LogP contribution in [-0.4, -0.2) is 148 Å². The van der Waals surface area contributed by atoms with Crippen molar-refractivity contribution in [3.05, 3.63) is 0 Å². The molecule has 19 nitrogen and oxygen atoms in total. The van der Waals surface area contributed by atoms with Gasteiger partial charge in [-0.1, -0.05) is 24.0 Å². The van der Waals surface area contributed by atoms with Crippen molar-refractivity contribution in [1.29, 1.82) is 0 Å². The molecule has 0 unspecified atom stereocenters. The molecule has 0 aromatic heterocycles. The first-order valence-corrected chi connectivity index (χ1v) is 17.9. The van der Waals surface area contributed by atoms with Crippen molar-refractivity contribution < 1.29 is 84.0 Å². The minimum absolute atomic E-state index is 0.232. The molecule has 2 aliphatic rings. The Bertz CT molecular complexity index is 1390. The summed E-state index contributed by atoms with van der Waals surface area (Å²) in [4.78, 5) is 74.9. The lowest BCUT2D eigenvalue weighted by Gasteiger charge is -2.48. The van der Waals surface area contributed by atoms with Gasteiger partial charge in [-0.05, 0) is 0 Å². The highest BCUT2D eigenvalue weighted by Crippen LogP contribution is 2.38. The van der Waals surface area contributed by atoms with Gasteiger partial charge in [-0.25, -0.2) is 0 Å². The number of hydrogen-bond donors (Lipinski definition) is 0. The number of ether oxygens (including phenoxy) is 9. The maximum absolute atomic E-state index is 12.5. The Balaban J connectivity index is 2.78. The second-order valence-electron chi connectivity index (χ2n) is 11.1. The first-order chi connectivity index (χ1) is 23.1. The van der Waals surface area contributed by atoms with E-state index in [0.29, 0.717) is 0 Å². The van der Waals surface area contributed by atoms with Crippen LogP contribution in [0.1, 0.15) is 41.5 Å². The Labute approximate surface area is 298 Å². The van der Waals surface area contributed by atoms with Crippen LogP contribution in [0, 0.1) is 0 Å². The minimum Gasteiger partial charge on any atom is -0.463 e. The molecule has 0 aliphatic carbocycles. The van der Waals surface area contributed by atoms with Gasteiger partial charge in [-0.15, -0.1) is 0 Å². The van der Waals surface area contributed by atoms with Crippen LogP contribution in [0.25, 0.3) is 0 Å². The van der Waals surface area contributed by atoms with Crippen LogP contribution in [0.4, 0.5) is 0 Å². The number of thioether (sulfide) groups is 1. The van der Waals surface area contributed by atoms with Crippen LogP contribution >= 0.6 is 24.0 Å². The summed E-state index contributed by atoms with van der Waals surface area (Å²) >= 11 is 6.27. The van der Waals surface area contributed by atoms with Crippen molar-refractivity contribution in [2.75, 3.05) is 33.6 Å². The largest absolute Gasteiger partial charge is 0.463 e. The number of carbonyl (C=O) groups excluding carboxylic acids is 6. The summed E-state index contributed by atoms with van der Waals surface area (Å²) in [6, 6.07) is 0. The molecule has 0 aromatic carbocycles. The molecule has 0 N–H and O–H groups in total. The van der Waals surface area contributed by atoms with Crippen LogP contribution in [0.5, 0.6) is 0 Å². The average molecular weight is 776 g/mol. The predicted octanol–water partition coefficient (Wildman–Crippen LogP) is -0.401. The summed E-state index contributed by atoms with van der Waals surface area (Å²) in [7, 11) is -0.867. The average Bonchev–Trinajstić information content (AvgIpc) is 2.95. The molecule has 0 radical (unpaired) electrons. The second-order valence-corrected chi connectivity index (χ2v) is 14.5. The molecule has 2 saturated heterocycles. The fraction of sp³-hybridized carbons (Fsp3) is 0.750. The normalized spacial score (nSPS) is 29.5. The number of carbonyl (C=O) groups is 6. The minimum atomic E-state index is -4.12. The Hall–Kier alpha value is -3.15. The van der Waals surface area contributed by atoms with E-state index in [-0.39, 0.29) is 4.32 Å². The summed E-state index contributed by atoms with van der Waals surface area (Å²) in [6.07, 6.45) is -13.6. The Morgan fingerprint density at radius 1 is 0.640 bits per heavy atom. The van der Waals surface area contributed by atoms with E-state index >= 15 is 0 Å². The van der Waals surface area contributed by atoms with E-state index in [1.807, 2.05) is 0 Å². The smallest absolute Gasteiger partial charge is 0.303 e. The summed E-state index contributed by atoms with van der Waals surface area (Å²) in [6.45, 7) is 4.92. The molecule has 2 fully saturated rings. The molecule has 0 spiro atoms. The van der Waals surface area contributed by atoms with Crippen molar-refractivity contribution in [3.8, 4) is 0 Å². The van der Waals surface area contributed by atoms with Gasteiger partial charge in [0.05, 0.1) is 12.9 Å². The SMILES string of the molecule is CC(=O)OC[C@H]1O[C@H](O[C@H]2[C@H](OC(C)=O)[C@@H](OC(C)=O)[C@H](SC(=S)N(C)C)O[C@@H]2COS(C)(=O)=O)[C@H](OC(C)=O)[C@@H](OC(C)=O)[C@@H]1OC(C)=O. The lowest BCUT2D eigenvalue weighted by atomic mass is 9.96. The fourth-order valence-electron chi connectivity index (χ4n) is 4.76. The highest BCUT2D eigenvalue weighted by Gasteiger charge is 2.57. The van der Waals surface area contributed by atoms with Crippen molar-refractivity contribution in [2.24, 2.45) is 0 Å². The first kappa shape index (κ1) is 43.0. The van der Waals surface area contributed by atoms with E-state index in [0.717, 1.165) is 59.6 Å². The van der Waals surface area contributed by atoms with Crippen LogP contribution in [-0.2, 0) is 85.7 Å². The molecule has 2 aliphatic heterocycles. The molecule has 2 rings (SSSR count). The molecule has 284 valence electrons. The molecule has 0 saturated carbocycles. The molecule has 0 bridgehead atoms. The number of esters is 6. The third-order valence-electron chi connectivity index (χ3n) is 6.46. The van der Waals surface area contributed by atoms with E-state index < -0.39 is 120 Å². The molecular formula is C28H41NO18S3. The zero-order valence-electron chi connectivity index (χ0n) is 28.7. The summed E-state index contributed by atoms with van der Waals surface area (Å²) < 4.78 is 80.3. The van der Waals surface area contributed by atoms with Gasteiger partial charge in [-0.2, -0.15) is 8.42 Å².